The molecule has 0 spiro atoms. The van der Waals surface area contributed by atoms with Crippen LogP contribution in [0.5, 0.6) is 5.75 Å². The predicted octanol–water partition coefficient (Wildman–Crippen LogP) is 4.00. The number of rotatable bonds is 5. The molecule has 21 heavy (non-hydrogen) atoms. The number of aromatic nitrogens is 1. The van der Waals surface area contributed by atoms with Gasteiger partial charge in [-0.15, -0.1) is 0 Å². The summed E-state index contributed by atoms with van der Waals surface area (Å²) in [4.78, 5) is 6.36. The summed E-state index contributed by atoms with van der Waals surface area (Å²) in [6.45, 7) is 1.21. The molecule has 0 aliphatic rings. The Hall–Kier alpha value is -2.20. The van der Waals surface area contributed by atoms with Gasteiger partial charge in [0.2, 0.25) is 0 Å². The molecule has 0 saturated heterocycles. The molecule has 0 saturated carbocycles. The Morgan fingerprint density at radius 2 is 1.90 bits per heavy atom. The van der Waals surface area contributed by atoms with Crippen molar-refractivity contribution in [1.82, 2.24) is 4.98 Å². The molecule has 0 aliphatic carbocycles. The van der Waals surface area contributed by atoms with E-state index >= 15 is 0 Å². The second-order valence-electron chi connectivity index (χ2n) is 4.69. The first kappa shape index (κ1) is 13.8. The minimum absolute atomic E-state index is 0.539. The summed E-state index contributed by atoms with van der Waals surface area (Å²) in [5, 5.41) is 0.700. The van der Waals surface area contributed by atoms with Crippen LogP contribution in [-0.4, -0.2) is 25.2 Å². The molecule has 1 aromatic heterocycles. The Morgan fingerprint density at radius 1 is 1.14 bits per heavy atom. The van der Waals surface area contributed by atoms with E-state index in [-0.39, 0.29) is 0 Å². The Labute approximate surface area is 127 Å². The maximum atomic E-state index is 5.83. The van der Waals surface area contributed by atoms with Gasteiger partial charge in [0.05, 0.1) is 6.54 Å². The number of benzene rings is 2. The number of likely N-dealkylation sites (N-methyl/N-ethyl adjacent to an activating group) is 1. The van der Waals surface area contributed by atoms with Crippen LogP contribution in [0, 0.1) is 0 Å². The predicted molar refractivity (Wildman–Crippen MR) is 84.2 cm³/mol. The van der Waals surface area contributed by atoms with E-state index < -0.39 is 0 Å². The number of anilines is 1. The minimum atomic E-state index is 0.539. The van der Waals surface area contributed by atoms with Crippen LogP contribution < -0.4 is 9.64 Å². The summed E-state index contributed by atoms with van der Waals surface area (Å²) in [6.07, 6.45) is 0. The van der Waals surface area contributed by atoms with Gasteiger partial charge in [-0.3, -0.25) is 0 Å². The summed E-state index contributed by atoms with van der Waals surface area (Å²) < 4.78 is 11.3. The van der Waals surface area contributed by atoms with Gasteiger partial charge in [-0.1, -0.05) is 23.7 Å². The summed E-state index contributed by atoms with van der Waals surface area (Å²) in [6, 6.07) is 15.6. The fourth-order valence-electron chi connectivity index (χ4n) is 1.95. The van der Waals surface area contributed by atoms with Gasteiger partial charge in [0.15, 0.2) is 5.58 Å². The van der Waals surface area contributed by atoms with Crippen molar-refractivity contribution in [1.29, 1.82) is 0 Å². The minimum Gasteiger partial charge on any atom is -0.492 e. The van der Waals surface area contributed by atoms with Crippen LogP contribution in [0.2, 0.25) is 5.02 Å². The van der Waals surface area contributed by atoms with Crippen molar-refractivity contribution in [3.8, 4) is 5.75 Å². The van der Waals surface area contributed by atoms with E-state index in [4.69, 9.17) is 20.8 Å². The highest BCUT2D eigenvalue weighted by Crippen LogP contribution is 2.20. The summed E-state index contributed by atoms with van der Waals surface area (Å²) in [5.74, 6) is 0.797. The number of ether oxygens (including phenoxy) is 1. The molecule has 2 aromatic carbocycles. The maximum Gasteiger partial charge on any atom is 0.298 e. The highest BCUT2D eigenvalue weighted by molar-refractivity contribution is 6.30. The molecule has 0 N–H and O–H groups in total. The first-order valence-electron chi connectivity index (χ1n) is 6.67. The van der Waals surface area contributed by atoms with Crippen molar-refractivity contribution in [3.05, 3.63) is 53.6 Å². The zero-order chi connectivity index (χ0) is 14.7. The SMILES string of the molecule is CN(CCOc1ccc(Cl)cc1)c1nc2ccccc2o1. The lowest BCUT2D eigenvalue weighted by Crippen LogP contribution is -2.23. The normalized spacial score (nSPS) is 10.8. The zero-order valence-corrected chi connectivity index (χ0v) is 12.4. The van der Waals surface area contributed by atoms with E-state index in [1.165, 1.54) is 0 Å². The molecular formula is C16H15ClN2O2. The van der Waals surface area contributed by atoms with Crippen molar-refractivity contribution in [2.75, 3.05) is 25.1 Å². The topological polar surface area (TPSA) is 38.5 Å². The Bertz CT molecular complexity index is 691. The van der Waals surface area contributed by atoms with E-state index in [1.807, 2.05) is 48.3 Å². The molecule has 5 heteroatoms. The molecule has 0 atom stereocenters. The molecule has 108 valence electrons. The molecule has 0 unspecified atom stereocenters. The van der Waals surface area contributed by atoms with Crippen LogP contribution in [0.1, 0.15) is 0 Å². The highest BCUT2D eigenvalue weighted by atomic mass is 35.5. The third-order valence-corrected chi connectivity index (χ3v) is 3.37. The van der Waals surface area contributed by atoms with Gasteiger partial charge in [-0.05, 0) is 36.4 Å². The highest BCUT2D eigenvalue weighted by Gasteiger charge is 2.09. The first-order valence-corrected chi connectivity index (χ1v) is 7.05. The second kappa shape index (κ2) is 6.06. The van der Waals surface area contributed by atoms with Crippen LogP contribution >= 0.6 is 11.6 Å². The first-order chi connectivity index (χ1) is 10.2. The molecule has 0 fully saturated rings. The van der Waals surface area contributed by atoms with Crippen LogP contribution in [-0.2, 0) is 0 Å². The van der Waals surface area contributed by atoms with Gasteiger partial charge in [-0.25, -0.2) is 0 Å². The van der Waals surface area contributed by atoms with Gasteiger partial charge in [0, 0.05) is 12.1 Å². The lowest BCUT2D eigenvalue weighted by molar-refractivity contribution is 0.323. The average Bonchev–Trinajstić information content (AvgIpc) is 2.93. The number of para-hydroxylation sites is 2. The zero-order valence-electron chi connectivity index (χ0n) is 11.6. The van der Waals surface area contributed by atoms with E-state index in [2.05, 4.69) is 4.98 Å². The van der Waals surface area contributed by atoms with Crippen molar-refractivity contribution in [2.24, 2.45) is 0 Å². The van der Waals surface area contributed by atoms with Crippen LogP contribution in [0.3, 0.4) is 0 Å². The number of nitrogens with zero attached hydrogens (tertiary/aromatic N) is 2. The van der Waals surface area contributed by atoms with Crippen molar-refractivity contribution in [2.45, 2.75) is 0 Å². The molecule has 0 radical (unpaired) electrons. The van der Waals surface area contributed by atoms with Crippen molar-refractivity contribution >= 4 is 28.7 Å². The summed E-state index contributed by atoms with van der Waals surface area (Å²) >= 11 is 5.83. The van der Waals surface area contributed by atoms with Gasteiger partial charge in [-0.2, -0.15) is 4.98 Å². The number of hydrogen-bond acceptors (Lipinski definition) is 4. The molecule has 3 aromatic rings. The van der Waals surface area contributed by atoms with E-state index in [9.17, 15) is 0 Å². The molecule has 0 bridgehead atoms. The fraction of sp³-hybridized carbons (Fsp3) is 0.188. The second-order valence-corrected chi connectivity index (χ2v) is 5.12. The van der Waals surface area contributed by atoms with Crippen molar-refractivity contribution < 1.29 is 9.15 Å². The number of oxazole rings is 1. The molecule has 0 aliphatic heterocycles. The Balaban J connectivity index is 1.58. The van der Waals surface area contributed by atoms with E-state index in [0.717, 1.165) is 16.8 Å². The Kier molecular flexibility index (Phi) is 3.97. The summed E-state index contributed by atoms with van der Waals surface area (Å²) in [5.41, 5.74) is 1.65. The third-order valence-electron chi connectivity index (χ3n) is 3.12. The molecule has 4 nitrogen and oxygen atoms in total. The monoisotopic (exact) mass is 302 g/mol. The van der Waals surface area contributed by atoms with Gasteiger partial charge in [0.25, 0.3) is 6.01 Å². The summed E-state index contributed by atoms with van der Waals surface area (Å²) in [7, 11) is 1.93. The third kappa shape index (κ3) is 3.28. The fourth-order valence-corrected chi connectivity index (χ4v) is 2.08. The average molecular weight is 303 g/mol. The van der Waals surface area contributed by atoms with Gasteiger partial charge < -0.3 is 14.1 Å². The number of fused-ring (bicyclic) bond motifs is 1. The molecule has 3 rings (SSSR count). The van der Waals surface area contributed by atoms with E-state index in [0.29, 0.717) is 24.2 Å². The van der Waals surface area contributed by atoms with Crippen LogP contribution in [0.4, 0.5) is 6.01 Å². The lowest BCUT2D eigenvalue weighted by atomic mass is 10.3. The van der Waals surface area contributed by atoms with Crippen LogP contribution in [0.25, 0.3) is 11.1 Å². The van der Waals surface area contributed by atoms with Gasteiger partial charge >= 0.3 is 0 Å². The standard InChI is InChI=1S/C16H15ClN2O2/c1-19(10-11-20-13-8-6-12(17)7-9-13)16-18-14-4-2-3-5-15(14)21-16/h2-9H,10-11H2,1H3. The van der Waals surface area contributed by atoms with Gasteiger partial charge in [0.1, 0.15) is 17.9 Å². The Morgan fingerprint density at radius 3 is 2.67 bits per heavy atom. The quantitative estimate of drug-likeness (QED) is 0.714. The smallest absolute Gasteiger partial charge is 0.298 e. The molecular weight excluding hydrogens is 288 g/mol. The molecule has 1 heterocycles. The largest absolute Gasteiger partial charge is 0.492 e. The molecule has 0 amide bonds. The van der Waals surface area contributed by atoms with Crippen LogP contribution in [0.15, 0.2) is 52.9 Å². The maximum absolute atomic E-state index is 5.83. The lowest BCUT2D eigenvalue weighted by Gasteiger charge is -2.14. The van der Waals surface area contributed by atoms with E-state index in [1.54, 1.807) is 12.1 Å². The number of halogens is 1. The van der Waals surface area contributed by atoms with Crippen molar-refractivity contribution in [3.63, 3.8) is 0 Å². The number of hydrogen-bond donors (Lipinski definition) is 0.